The SMILES string of the molecule is CC(C)(C)c1ccc(-c2ccc(-c3nc(-c4ccc(-c5ccccc5)cn4)nc(-c4ccc(-c5ccccc5)cn4)n3)nc2)cc1. The van der Waals surface area contributed by atoms with Gasteiger partial charge in [0.05, 0.1) is 0 Å². The quantitative estimate of drug-likeness (QED) is 0.190. The van der Waals surface area contributed by atoms with Crippen LogP contribution >= 0.6 is 0 Å². The number of hydrogen-bond acceptors (Lipinski definition) is 6. The molecular weight excluding hydrogens is 564 g/mol. The van der Waals surface area contributed by atoms with E-state index in [0.717, 1.165) is 33.4 Å². The molecule has 0 amide bonds. The fourth-order valence-electron chi connectivity index (χ4n) is 5.23. The summed E-state index contributed by atoms with van der Waals surface area (Å²) in [5.41, 5.74) is 9.67. The first-order valence-electron chi connectivity index (χ1n) is 15.3. The molecule has 3 aromatic carbocycles. The van der Waals surface area contributed by atoms with E-state index in [4.69, 9.17) is 29.9 Å². The van der Waals surface area contributed by atoms with Crippen molar-refractivity contribution in [1.82, 2.24) is 29.9 Å². The van der Waals surface area contributed by atoms with Crippen LogP contribution in [0.2, 0.25) is 0 Å². The third-order valence-corrected chi connectivity index (χ3v) is 7.91. The molecule has 4 heterocycles. The fraction of sp³-hybridized carbons (Fsp3) is 0.100. The van der Waals surface area contributed by atoms with E-state index in [1.165, 1.54) is 5.56 Å². The van der Waals surface area contributed by atoms with Crippen LogP contribution in [-0.4, -0.2) is 29.9 Å². The Bertz CT molecular complexity index is 1970. The Hall–Kier alpha value is -5.88. The van der Waals surface area contributed by atoms with Gasteiger partial charge in [-0.05, 0) is 45.9 Å². The minimum atomic E-state index is 0.0994. The van der Waals surface area contributed by atoms with Crippen LogP contribution < -0.4 is 0 Å². The highest BCUT2D eigenvalue weighted by Crippen LogP contribution is 2.29. The van der Waals surface area contributed by atoms with Gasteiger partial charge in [0.25, 0.3) is 0 Å². The fourth-order valence-corrected chi connectivity index (χ4v) is 5.23. The van der Waals surface area contributed by atoms with E-state index in [1.54, 1.807) is 0 Å². The van der Waals surface area contributed by atoms with Gasteiger partial charge in [0.15, 0.2) is 17.5 Å². The van der Waals surface area contributed by atoms with Gasteiger partial charge in [0, 0.05) is 35.3 Å². The second-order valence-corrected chi connectivity index (χ2v) is 12.2. The van der Waals surface area contributed by atoms with Crippen molar-refractivity contribution in [1.29, 1.82) is 0 Å². The predicted molar refractivity (Wildman–Crippen MR) is 185 cm³/mol. The minimum Gasteiger partial charge on any atom is -0.252 e. The van der Waals surface area contributed by atoms with Crippen LogP contribution in [0.4, 0.5) is 0 Å². The van der Waals surface area contributed by atoms with Crippen LogP contribution in [-0.2, 0) is 5.41 Å². The molecule has 46 heavy (non-hydrogen) atoms. The summed E-state index contributed by atoms with van der Waals surface area (Å²) in [4.78, 5) is 28.7. The Morgan fingerprint density at radius 2 is 0.674 bits per heavy atom. The first-order chi connectivity index (χ1) is 22.4. The standard InChI is InChI=1S/C40H32N6/c1-40(2,3)33-19-14-29(15-20-33)32-18-23-36(43-26-32)39-45-37(34-21-16-30(24-41-34)27-10-6-4-7-11-27)44-38(46-39)35-22-17-31(25-42-35)28-12-8-5-9-13-28/h4-26H,1-3H3. The molecule has 0 radical (unpaired) electrons. The molecule has 4 aromatic heterocycles. The van der Waals surface area contributed by atoms with Gasteiger partial charge in [-0.25, -0.2) is 15.0 Å². The third kappa shape index (κ3) is 6.19. The number of benzene rings is 3. The number of pyridine rings is 3. The maximum absolute atomic E-state index is 4.83. The van der Waals surface area contributed by atoms with Crippen molar-refractivity contribution in [3.8, 4) is 67.9 Å². The largest absolute Gasteiger partial charge is 0.252 e. The van der Waals surface area contributed by atoms with E-state index in [-0.39, 0.29) is 5.41 Å². The molecule has 0 bridgehead atoms. The summed E-state index contributed by atoms with van der Waals surface area (Å²) >= 11 is 0. The lowest BCUT2D eigenvalue weighted by Gasteiger charge is -2.19. The van der Waals surface area contributed by atoms with Crippen molar-refractivity contribution < 1.29 is 0 Å². The van der Waals surface area contributed by atoms with Gasteiger partial charge in [0.2, 0.25) is 0 Å². The van der Waals surface area contributed by atoms with Crippen molar-refractivity contribution >= 4 is 0 Å². The zero-order chi connectivity index (χ0) is 31.5. The molecule has 0 aliphatic rings. The van der Waals surface area contributed by atoms with Gasteiger partial charge in [-0.1, -0.05) is 124 Å². The lowest BCUT2D eigenvalue weighted by atomic mass is 9.86. The van der Waals surface area contributed by atoms with Gasteiger partial charge < -0.3 is 0 Å². The van der Waals surface area contributed by atoms with Gasteiger partial charge >= 0.3 is 0 Å². The second kappa shape index (κ2) is 12.3. The van der Waals surface area contributed by atoms with Crippen LogP contribution in [0.5, 0.6) is 0 Å². The molecular formula is C40H32N6. The van der Waals surface area contributed by atoms with Crippen molar-refractivity contribution in [3.05, 3.63) is 145 Å². The van der Waals surface area contributed by atoms with Crippen LogP contribution in [0.25, 0.3) is 67.9 Å². The molecule has 0 aliphatic carbocycles. The number of aromatic nitrogens is 6. The first-order valence-corrected chi connectivity index (χ1v) is 15.3. The van der Waals surface area contributed by atoms with Gasteiger partial charge in [-0.15, -0.1) is 0 Å². The normalized spacial score (nSPS) is 11.4. The smallest absolute Gasteiger partial charge is 0.182 e. The molecule has 0 atom stereocenters. The molecule has 7 rings (SSSR count). The Morgan fingerprint density at radius 1 is 0.348 bits per heavy atom. The van der Waals surface area contributed by atoms with Crippen molar-refractivity contribution in [2.24, 2.45) is 0 Å². The average Bonchev–Trinajstić information content (AvgIpc) is 3.12. The lowest BCUT2D eigenvalue weighted by Crippen LogP contribution is -2.10. The Labute approximate surface area is 269 Å². The molecule has 0 spiro atoms. The Kier molecular flexibility index (Phi) is 7.69. The summed E-state index contributed by atoms with van der Waals surface area (Å²) in [5.74, 6) is 1.37. The van der Waals surface area contributed by atoms with Gasteiger partial charge in [0.1, 0.15) is 17.1 Å². The molecule has 0 unspecified atom stereocenters. The van der Waals surface area contributed by atoms with Gasteiger partial charge in [-0.2, -0.15) is 0 Å². The lowest BCUT2D eigenvalue weighted by molar-refractivity contribution is 0.590. The molecule has 7 aromatic rings. The van der Waals surface area contributed by atoms with Crippen LogP contribution in [0.3, 0.4) is 0 Å². The topological polar surface area (TPSA) is 77.3 Å². The second-order valence-electron chi connectivity index (χ2n) is 12.2. The van der Waals surface area contributed by atoms with Crippen molar-refractivity contribution in [3.63, 3.8) is 0 Å². The number of nitrogens with zero attached hydrogens (tertiary/aromatic N) is 6. The highest BCUT2D eigenvalue weighted by Gasteiger charge is 2.16. The zero-order valence-electron chi connectivity index (χ0n) is 26.0. The zero-order valence-corrected chi connectivity index (χ0v) is 26.0. The minimum absolute atomic E-state index is 0.0994. The molecule has 0 saturated heterocycles. The highest BCUT2D eigenvalue weighted by molar-refractivity contribution is 5.69. The average molecular weight is 597 g/mol. The molecule has 0 N–H and O–H groups in total. The summed E-state index contributed by atoms with van der Waals surface area (Å²) in [6.45, 7) is 6.65. The summed E-state index contributed by atoms with van der Waals surface area (Å²) in [7, 11) is 0. The van der Waals surface area contributed by atoms with Gasteiger partial charge in [-0.3, -0.25) is 15.0 Å². The summed E-state index contributed by atoms with van der Waals surface area (Å²) < 4.78 is 0. The predicted octanol–water partition coefficient (Wildman–Crippen LogP) is 9.36. The van der Waals surface area contributed by atoms with E-state index >= 15 is 0 Å². The maximum Gasteiger partial charge on any atom is 0.182 e. The van der Waals surface area contributed by atoms with Crippen molar-refractivity contribution in [2.45, 2.75) is 26.2 Å². The Balaban J connectivity index is 1.26. The first kappa shape index (κ1) is 28.9. The number of rotatable bonds is 6. The van der Waals surface area contributed by atoms with E-state index < -0.39 is 0 Å². The van der Waals surface area contributed by atoms with E-state index in [0.29, 0.717) is 34.6 Å². The molecule has 0 saturated carbocycles. The Morgan fingerprint density at radius 3 is 0.978 bits per heavy atom. The highest BCUT2D eigenvalue weighted by atomic mass is 15.1. The van der Waals surface area contributed by atoms with Crippen LogP contribution in [0, 0.1) is 0 Å². The van der Waals surface area contributed by atoms with E-state index in [9.17, 15) is 0 Å². The molecule has 6 nitrogen and oxygen atoms in total. The summed E-state index contributed by atoms with van der Waals surface area (Å²) in [6, 6.07) is 40.9. The maximum atomic E-state index is 4.83. The molecule has 0 fully saturated rings. The number of hydrogen-bond donors (Lipinski definition) is 0. The summed E-state index contributed by atoms with van der Waals surface area (Å²) in [6.07, 6.45) is 5.56. The third-order valence-electron chi connectivity index (χ3n) is 7.91. The molecule has 0 aliphatic heterocycles. The monoisotopic (exact) mass is 596 g/mol. The van der Waals surface area contributed by atoms with E-state index in [1.807, 2.05) is 85.3 Å². The van der Waals surface area contributed by atoms with E-state index in [2.05, 4.69) is 75.4 Å². The molecule has 222 valence electrons. The van der Waals surface area contributed by atoms with Crippen LogP contribution in [0.15, 0.2) is 140 Å². The van der Waals surface area contributed by atoms with Crippen molar-refractivity contribution in [2.75, 3.05) is 0 Å². The summed E-state index contributed by atoms with van der Waals surface area (Å²) in [5, 5.41) is 0. The molecule has 6 heteroatoms. The van der Waals surface area contributed by atoms with Crippen LogP contribution in [0.1, 0.15) is 26.3 Å².